The van der Waals surface area contributed by atoms with Crippen LogP contribution < -0.4 is 15.0 Å². The highest BCUT2D eigenvalue weighted by Crippen LogP contribution is 2.49. The number of anilines is 1. The van der Waals surface area contributed by atoms with Crippen LogP contribution >= 0.6 is 11.6 Å². The molecule has 3 aliphatic rings. The molecule has 0 saturated carbocycles. The van der Waals surface area contributed by atoms with Crippen LogP contribution in [0.1, 0.15) is 53.0 Å². The molecule has 3 amide bonds. The first-order chi connectivity index (χ1) is 22.4. The molecule has 0 radical (unpaired) electrons. The summed E-state index contributed by atoms with van der Waals surface area (Å²) >= 11 is 6.71. The molecule has 3 aliphatic heterocycles. The highest BCUT2D eigenvalue weighted by Gasteiger charge is 2.64. The number of rotatable bonds is 5. The van der Waals surface area contributed by atoms with Crippen molar-refractivity contribution in [2.75, 3.05) is 33.2 Å². The van der Waals surface area contributed by atoms with Gasteiger partial charge < -0.3 is 38.6 Å². The number of alkyl carbamates (subject to hydrolysis) is 1. The monoisotopic (exact) mass is 691 g/mol. The number of halogens is 1. The molecule has 48 heavy (non-hydrogen) atoms. The number of carbonyl (C=O) groups is 4. The van der Waals surface area contributed by atoms with Gasteiger partial charge in [0.2, 0.25) is 11.8 Å². The first-order valence-corrected chi connectivity index (χ1v) is 16.2. The molecule has 4 bridgehead atoms. The van der Waals surface area contributed by atoms with E-state index in [0.29, 0.717) is 17.9 Å². The van der Waals surface area contributed by atoms with Crippen molar-refractivity contribution >= 4 is 41.2 Å². The summed E-state index contributed by atoms with van der Waals surface area (Å²) in [6, 6.07) is 2.63. The third-order valence-corrected chi connectivity index (χ3v) is 10.0. The van der Waals surface area contributed by atoms with Crippen molar-refractivity contribution in [2.24, 2.45) is 5.92 Å². The second kappa shape index (κ2) is 14.5. The lowest BCUT2D eigenvalue weighted by Gasteiger charge is -2.42. The van der Waals surface area contributed by atoms with Crippen LogP contribution in [0.3, 0.4) is 0 Å². The Morgan fingerprint density at radius 3 is 2.56 bits per heavy atom. The van der Waals surface area contributed by atoms with E-state index in [9.17, 15) is 24.3 Å². The van der Waals surface area contributed by atoms with Crippen molar-refractivity contribution < 1.29 is 48.0 Å². The number of methoxy groups -OCH3 is 2. The molecule has 0 aliphatic carbocycles. The number of hydrogen-bond acceptors (Lipinski definition) is 10. The molecule has 2 saturated heterocycles. The number of ether oxygens (including phenoxy) is 5. The van der Waals surface area contributed by atoms with Crippen molar-refractivity contribution in [1.82, 2.24) is 10.2 Å². The molecule has 13 nitrogen and oxygen atoms in total. The maximum Gasteiger partial charge on any atom is 0.409 e. The molecule has 1 unspecified atom stereocenters. The number of epoxide rings is 1. The summed E-state index contributed by atoms with van der Waals surface area (Å²) in [6.07, 6.45) is 1.02. The molecule has 8 atom stereocenters. The fraction of sp³-hybridized carbons (Fsp3) is 0.588. The Kier molecular flexibility index (Phi) is 11.2. The Balaban J connectivity index is 1.80. The zero-order valence-electron chi connectivity index (χ0n) is 28.9. The van der Waals surface area contributed by atoms with Crippen molar-refractivity contribution in [3.05, 3.63) is 46.5 Å². The number of esters is 1. The average molecular weight is 692 g/mol. The highest BCUT2D eigenvalue weighted by atomic mass is 35.5. The lowest BCUT2D eigenvalue weighted by atomic mass is 9.83. The van der Waals surface area contributed by atoms with Crippen LogP contribution in [-0.4, -0.2) is 104 Å². The second-order valence-electron chi connectivity index (χ2n) is 13.0. The largest absolute Gasteiger partial charge is 0.495 e. The predicted octanol–water partition coefficient (Wildman–Crippen LogP) is 3.53. The Labute approximate surface area is 286 Å². The smallest absolute Gasteiger partial charge is 0.409 e. The van der Waals surface area contributed by atoms with Gasteiger partial charge in [-0.15, -0.1) is 0 Å². The number of amides is 3. The number of allylic oxidation sites excluding steroid dienone is 3. The first kappa shape index (κ1) is 37.2. The fourth-order valence-corrected chi connectivity index (χ4v) is 6.59. The van der Waals surface area contributed by atoms with Crippen LogP contribution in [0.15, 0.2) is 35.9 Å². The summed E-state index contributed by atoms with van der Waals surface area (Å²) in [6.45, 7) is 8.29. The molecule has 1 aromatic rings. The Morgan fingerprint density at radius 1 is 1.25 bits per heavy atom. The Bertz CT molecular complexity index is 1500. The van der Waals surface area contributed by atoms with Crippen LogP contribution in [0.5, 0.6) is 5.75 Å². The number of aliphatic hydroxyl groups is 1. The number of benzene rings is 1. The van der Waals surface area contributed by atoms with E-state index in [0.717, 1.165) is 11.1 Å². The number of fused-ring (bicyclic) bond motifs is 5. The lowest BCUT2D eigenvalue weighted by Crippen LogP contribution is -2.63. The van der Waals surface area contributed by atoms with Crippen LogP contribution in [0, 0.1) is 5.92 Å². The minimum Gasteiger partial charge on any atom is -0.495 e. The average Bonchev–Trinajstić information content (AvgIpc) is 3.73. The van der Waals surface area contributed by atoms with E-state index < -0.39 is 65.7 Å². The minimum absolute atomic E-state index is 0.0436. The highest BCUT2D eigenvalue weighted by molar-refractivity contribution is 6.35. The molecule has 14 heteroatoms. The number of nitrogens with zero attached hydrogens (tertiary/aromatic N) is 2. The van der Waals surface area contributed by atoms with Gasteiger partial charge >= 0.3 is 12.1 Å². The summed E-state index contributed by atoms with van der Waals surface area (Å²) in [7, 11) is 5.97. The second-order valence-corrected chi connectivity index (χ2v) is 13.4. The zero-order chi connectivity index (χ0) is 35.7. The van der Waals surface area contributed by atoms with Crippen molar-refractivity contribution in [3.63, 3.8) is 0 Å². The van der Waals surface area contributed by atoms with Crippen LogP contribution in [0.25, 0.3) is 0 Å². The summed E-state index contributed by atoms with van der Waals surface area (Å²) in [5, 5.41) is 14.4. The zero-order valence-corrected chi connectivity index (χ0v) is 29.6. The summed E-state index contributed by atoms with van der Waals surface area (Å²) in [5.41, 5.74) is -0.871. The number of likely N-dealkylation sites (N-methyl/N-ethyl adjacent to an activating group) is 1. The van der Waals surface area contributed by atoms with Crippen LogP contribution in [-0.2, 0) is 39.8 Å². The quantitative estimate of drug-likeness (QED) is 0.346. The number of carbonyl (C=O) groups excluding carboxylic acids is 4. The molecule has 4 rings (SSSR count). The molecule has 2 N–H and O–H groups in total. The van der Waals surface area contributed by atoms with E-state index in [1.807, 2.05) is 13.0 Å². The van der Waals surface area contributed by atoms with Gasteiger partial charge in [-0.25, -0.2) is 9.59 Å². The van der Waals surface area contributed by atoms with E-state index in [2.05, 4.69) is 5.32 Å². The molecule has 2 fully saturated rings. The van der Waals surface area contributed by atoms with Crippen molar-refractivity contribution in [1.29, 1.82) is 0 Å². The van der Waals surface area contributed by atoms with Gasteiger partial charge in [0.15, 0.2) is 5.72 Å². The van der Waals surface area contributed by atoms with Crippen LogP contribution in [0.4, 0.5) is 10.5 Å². The SMILES string of the molecule is COc1cc2cc(c1Cl)N(C)C(=O)C[C@H](OC(=O)[C@H](C)N(C)C(C)=O)[C@]1(C)OC1[C@H](C)[C@@H]1C[C@@](O)(NC(=O)O1)[C@H](OC)C=CC=C(C)C2. The molecular weight excluding hydrogens is 646 g/mol. The summed E-state index contributed by atoms with van der Waals surface area (Å²) in [5.74, 6) is -1.63. The van der Waals surface area contributed by atoms with Crippen LogP contribution in [0.2, 0.25) is 5.02 Å². The van der Waals surface area contributed by atoms with Crippen molar-refractivity contribution in [3.8, 4) is 5.75 Å². The topological polar surface area (TPSA) is 156 Å². The maximum atomic E-state index is 14.0. The van der Waals surface area contributed by atoms with Gasteiger partial charge in [-0.05, 0) is 44.9 Å². The van der Waals surface area contributed by atoms with E-state index in [1.165, 1.54) is 44.9 Å². The lowest BCUT2D eigenvalue weighted by molar-refractivity contribution is -0.161. The third-order valence-electron chi connectivity index (χ3n) is 9.63. The molecule has 3 heterocycles. The van der Waals surface area contributed by atoms with Gasteiger partial charge in [-0.2, -0.15) is 0 Å². The maximum absolute atomic E-state index is 14.0. The van der Waals surface area contributed by atoms with Crippen molar-refractivity contribution in [2.45, 2.75) is 95.7 Å². The normalized spacial score (nSPS) is 31.4. The summed E-state index contributed by atoms with van der Waals surface area (Å²) in [4.78, 5) is 54.7. The molecule has 264 valence electrons. The van der Waals surface area contributed by atoms with Gasteiger partial charge in [-0.1, -0.05) is 42.3 Å². The minimum atomic E-state index is -1.81. The van der Waals surface area contributed by atoms with E-state index in [4.69, 9.17) is 35.3 Å². The molecule has 0 aromatic heterocycles. The van der Waals surface area contributed by atoms with E-state index in [-0.39, 0.29) is 23.8 Å². The summed E-state index contributed by atoms with van der Waals surface area (Å²) < 4.78 is 28.9. The van der Waals surface area contributed by atoms with Gasteiger partial charge in [0.05, 0.1) is 25.3 Å². The fourth-order valence-electron chi connectivity index (χ4n) is 6.27. The van der Waals surface area contributed by atoms with Gasteiger partial charge in [-0.3, -0.25) is 14.9 Å². The molecule has 1 aromatic carbocycles. The number of hydrogen-bond donors (Lipinski definition) is 2. The third kappa shape index (κ3) is 7.64. The Morgan fingerprint density at radius 2 is 1.94 bits per heavy atom. The van der Waals surface area contributed by atoms with E-state index in [1.54, 1.807) is 45.2 Å². The van der Waals surface area contributed by atoms with Gasteiger partial charge in [0.1, 0.15) is 40.7 Å². The molecule has 0 spiro atoms. The first-order valence-electron chi connectivity index (χ1n) is 15.8. The standard InChI is InChI=1S/C34H46ClN3O10/c1-18-11-10-12-26(45-9)34(43)17-25(46-32(42)36-34)19(2)30-33(5,48-30)27(47-31(41)20(3)37(6)21(4)39)16-28(40)38(7)23-14-22(13-18)15-24(44-8)29(23)35/h10-12,14-15,19-20,25-27,30,43H,13,16-17H2,1-9H3,(H,36,42)/t19-,20+,25+,26-,27+,30?,33+,34+/m1/s1. The predicted molar refractivity (Wildman–Crippen MR) is 177 cm³/mol. The van der Waals surface area contributed by atoms with E-state index >= 15 is 0 Å². The van der Waals surface area contributed by atoms with Gasteiger partial charge in [0, 0.05) is 40.5 Å². The molecular formula is C34H46ClN3O10. The number of nitrogens with one attached hydrogen (secondary N) is 1. The Hall–Kier alpha value is -3.65. The van der Waals surface area contributed by atoms with Gasteiger partial charge in [0.25, 0.3) is 0 Å².